The van der Waals surface area contributed by atoms with E-state index in [9.17, 15) is 4.79 Å². The number of nitrogens with zero attached hydrogens (tertiary/aromatic N) is 1. The molecule has 0 fully saturated rings. The number of amides is 1. The zero-order valence-electron chi connectivity index (χ0n) is 14.8. The van der Waals surface area contributed by atoms with E-state index in [0.717, 1.165) is 0 Å². The lowest BCUT2D eigenvalue weighted by Gasteiger charge is -2.13. The van der Waals surface area contributed by atoms with Crippen molar-refractivity contribution in [1.29, 1.82) is 0 Å². The highest BCUT2D eigenvalue weighted by Gasteiger charge is 2.10. The Morgan fingerprint density at radius 1 is 1.00 bits per heavy atom. The molecule has 1 aromatic heterocycles. The van der Waals surface area contributed by atoms with Crippen LogP contribution in [0.1, 0.15) is 10.4 Å². The third-order valence-electron chi connectivity index (χ3n) is 3.77. The molecular weight excluding hydrogens is 366 g/mol. The first-order chi connectivity index (χ1) is 13.1. The molecule has 27 heavy (non-hydrogen) atoms. The standard InChI is InChI=1S/C20H18ClN3O3/c1-26-17-6-7-19(27-2)18(10-17)23-16-8-13(11-22-12-16)20(25)24-15-5-3-4-14(21)9-15/h3-12,23H,1-2H3,(H,24,25). The van der Waals surface area contributed by atoms with Gasteiger partial charge in [0, 0.05) is 23.0 Å². The van der Waals surface area contributed by atoms with Crippen molar-refractivity contribution >= 4 is 34.6 Å². The molecule has 0 bridgehead atoms. The van der Waals surface area contributed by atoms with Gasteiger partial charge in [0.2, 0.25) is 0 Å². The molecule has 3 rings (SSSR count). The molecular formula is C20H18ClN3O3. The molecule has 7 heteroatoms. The van der Waals surface area contributed by atoms with Gasteiger partial charge in [-0.15, -0.1) is 0 Å². The van der Waals surface area contributed by atoms with Crippen LogP contribution in [0.4, 0.5) is 17.1 Å². The number of rotatable bonds is 6. The number of pyridine rings is 1. The molecule has 3 aromatic rings. The molecule has 0 saturated carbocycles. The molecule has 0 radical (unpaired) electrons. The van der Waals surface area contributed by atoms with E-state index in [1.165, 1.54) is 6.20 Å². The summed E-state index contributed by atoms with van der Waals surface area (Å²) in [6, 6.07) is 14.1. The Balaban J connectivity index is 1.80. The summed E-state index contributed by atoms with van der Waals surface area (Å²) < 4.78 is 10.6. The van der Waals surface area contributed by atoms with Crippen LogP contribution >= 0.6 is 11.6 Å². The van der Waals surface area contributed by atoms with Gasteiger partial charge in [0.1, 0.15) is 11.5 Å². The minimum Gasteiger partial charge on any atom is -0.497 e. The average molecular weight is 384 g/mol. The molecule has 0 saturated heterocycles. The SMILES string of the molecule is COc1ccc(OC)c(Nc2cncc(C(=O)Nc3cccc(Cl)c3)c2)c1. The molecule has 0 unspecified atom stereocenters. The first-order valence-electron chi connectivity index (χ1n) is 8.10. The zero-order chi connectivity index (χ0) is 19.2. The van der Waals surface area contributed by atoms with Gasteiger partial charge in [-0.2, -0.15) is 0 Å². The van der Waals surface area contributed by atoms with E-state index in [-0.39, 0.29) is 5.91 Å². The number of aromatic nitrogens is 1. The molecule has 2 N–H and O–H groups in total. The lowest BCUT2D eigenvalue weighted by molar-refractivity contribution is 0.102. The van der Waals surface area contributed by atoms with Crippen molar-refractivity contribution in [1.82, 2.24) is 4.98 Å². The van der Waals surface area contributed by atoms with E-state index >= 15 is 0 Å². The van der Waals surface area contributed by atoms with Crippen LogP contribution in [0.3, 0.4) is 0 Å². The quantitative estimate of drug-likeness (QED) is 0.642. The van der Waals surface area contributed by atoms with Gasteiger partial charge in [-0.25, -0.2) is 0 Å². The van der Waals surface area contributed by atoms with Crippen molar-refractivity contribution in [3.63, 3.8) is 0 Å². The van der Waals surface area contributed by atoms with Gasteiger partial charge in [-0.05, 0) is 36.4 Å². The van der Waals surface area contributed by atoms with Crippen LogP contribution < -0.4 is 20.1 Å². The summed E-state index contributed by atoms with van der Waals surface area (Å²) in [5.41, 5.74) is 2.36. The maximum atomic E-state index is 12.5. The summed E-state index contributed by atoms with van der Waals surface area (Å²) in [5.74, 6) is 1.04. The van der Waals surface area contributed by atoms with Gasteiger partial charge in [0.05, 0.1) is 37.4 Å². The number of halogens is 1. The van der Waals surface area contributed by atoms with Crippen molar-refractivity contribution in [2.75, 3.05) is 24.9 Å². The minimum absolute atomic E-state index is 0.286. The predicted molar refractivity (Wildman–Crippen MR) is 106 cm³/mol. The van der Waals surface area contributed by atoms with Crippen molar-refractivity contribution < 1.29 is 14.3 Å². The second-order valence-corrected chi connectivity index (χ2v) is 6.05. The number of hydrogen-bond acceptors (Lipinski definition) is 5. The van der Waals surface area contributed by atoms with E-state index in [1.807, 2.05) is 0 Å². The first-order valence-corrected chi connectivity index (χ1v) is 8.48. The van der Waals surface area contributed by atoms with Crippen LogP contribution in [0.2, 0.25) is 5.02 Å². The van der Waals surface area contributed by atoms with Crippen LogP contribution in [0.25, 0.3) is 0 Å². The maximum Gasteiger partial charge on any atom is 0.257 e. The number of nitrogens with one attached hydrogen (secondary N) is 2. The molecule has 138 valence electrons. The Morgan fingerprint density at radius 2 is 1.85 bits per heavy atom. The third kappa shape index (κ3) is 4.68. The lowest BCUT2D eigenvalue weighted by Crippen LogP contribution is -2.12. The molecule has 0 aliphatic heterocycles. The Bertz CT molecular complexity index is 963. The normalized spacial score (nSPS) is 10.2. The van der Waals surface area contributed by atoms with Crippen LogP contribution in [-0.4, -0.2) is 25.1 Å². The molecule has 2 aromatic carbocycles. The summed E-state index contributed by atoms with van der Waals surface area (Å²) >= 11 is 5.95. The fourth-order valence-electron chi connectivity index (χ4n) is 2.47. The fraction of sp³-hybridized carbons (Fsp3) is 0.100. The summed E-state index contributed by atoms with van der Waals surface area (Å²) in [6.45, 7) is 0. The number of methoxy groups -OCH3 is 2. The molecule has 1 amide bonds. The maximum absolute atomic E-state index is 12.5. The van der Waals surface area contributed by atoms with Gasteiger partial charge in [0.15, 0.2) is 0 Å². The Hall–Kier alpha value is -3.25. The van der Waals surface area contributed by atoms with Crippen LogP contribution in [0.15, 0.2) is 60.9 Å². The van der Waals surface area contributed by atoms with Crippen LogP contribution in [0.5, 0.6) is 11.5 Å². The highest BCUT2D eigenvalue weighted by atomic mass is 35.5. The number of benzene rings is 2. The second-order valence-electron chi connectivity index (χ2n) is 5.62. The number of hydrogen-bond donors (Lipinski definition) is 2. The van der Waals surface area contributed by atoms with E-state index in [0.29, 0.717) is 39.1 Å². The Morgan fingerprint density at radius 3 is 2.59 bits per heavy atom. The summed E-state index contributed by atoms with van der Waals surface area (Å²) in [5, 5.41) is 6.54. The van der Waals surface area contributed by atoms with Crippen LogP contribution in [0, 0.1) is 0 Å². The van der Waals surface area contributed by atoms with Crippen molar-refractivity contribution in [2.24, 2.45) is 0 Å². The van der Waals surface area contributed by atoms with Gasteiger partial charge in [-0.1, -0.05) is 17.7 Å². The van der Waals surface area contributed by atoms with Crippen LogP contribution in [-0.2, 0) is 0 Å². The Labute approximate surface area is 162 Å². The van der Waals surface area contributed by atoms with Crippen molar-refractivity contribution in [3.05, 3.63) is 71.5 Å². The molecule has 0 aliphatic carbocycles. The highest BCUT2D eigenvalue weighted by molar-refractivity contribution is 6.31. The smallest absolute Gasteiger partial charge is 0.257 e. The summed E-state index contributed by atoms with van der Waals surface area (Å²) in [6.07, 6.45) is 3.11. The van der Waals surface area contributed by atoms with Gasteiger partial charge < -0.3 is 20.1 Å². The van der Waals surface area contributed by atoms with Gasteiger partial charge in [0.25, 0.3) is 5.91 Å². The van der Waals surface area contributed by atoms with Gasteiger partial charge >= 0.3 is 0 Å². The van der Waals surface area contributed by atoms with E-state index in [2.05, 4.69) is 15.6 Å². The van der Waals surface area contributed by atoms with E-state index in [1.54, 1.807) is 68.9 Å². The summed E-state index contributed by atoms with van der Waals surface area (Å²) in [4.78, 5) is 16.6. The predicted octanol–water partition coefficient (Wildman–Crippen LogP) is 4.75. The van der Waals surface area contributed by atoms with Crippen molar-refractivity contribution in [2.45, 2.75) is 0 Å². The number of anilines is 3. The largest absolute Gasteiger partial charge is 0.497 e. The Kier molecular flexibility index (Phi) is 5.78. The molecule has 0 aliphatic rings. The fourth-order valence-corrected chi connectivity index (χ4v) is 2.66. The first kappa shape index (κ1) is 18.5. The minimum atomic E-state index is -0.286. The molecule has 6 nitrogen and oxygen atoms in total. The number of carbonyl (C=O) groups excluding carboxylic acids is 1. The zero-order valence-corrected chi connectivity index (χ0v) is 15.6. The monoisotopic (exact) mass is 383 g/mol. The molecule has 0 spiro atoms. The topological polar surface area (TPSA) is 72.5 Å². The van der Waals surface area contributed by atoms with Crippen molar-refractivity contribution in [3.8, 4) is 11.5 Å². The second kappa shape index (κ2) is 8.42. The highest BCUT2D eigenvalue weighted by Crippen LogP contribution is 2.31. The molecule has 1 heterocycles. The lowest BCUT2D eigenvalue weighted by atomic mass is 10.2. The van der Waals surface area contributed by atoms with Gasteiger partial charge in [-0.3, -0.25) is 9.78 Å². The van der Waals surface area contributed by atoms with E-state index in [4.69, 9.17) is 21.1 Å². The van der Waals surface area contributed by atoms with E-state index < -0.39 is 0 Å². The molecule has 0 atom stereocenters. The third-order valence-corrected chi connectivity index (χ3v) is 4.00. The summed E-state index contributed by atoms with van der Waals surface area (Å²) in [7, 11) is 3.17. The number of ether oxygens (including phenoxy) is 2. The number of carbonyl (C=O) groups is 1. The average Bonchev–Trinajstić information content (AvgIpc) is 2.68.